The summed E-state index contributed by atoms with van der Waals surface area (Å²) in [6.45, 7) is 0. The van der Waals surface area contributed by atoms with Gasteiger partial charge in [-0.3, -0.25) is 5.10 Å². The summed E-state index contributed by atoms with van der Waals surface area (Å²) in [4.78, 5) is 0. The van der Waals surface area contributed by atoms with Crippen LogP contribution in [0.25, 0.3) is 22.0 Å². The lowest BCUT2D eigenvalue weighted by atomic mass is 10.0. The minimum absolute atomic E-state index is 1.08. The van der Waals surface area contributed by atoms with Crippen LogP contribution in [-0.4, -0.2) is 10.2 Å². The molecule has 15 heavy (non-hydrogen) atoms. The van der Waals surface area contributed by atoms with E-state index in [2.05, 4.69) is 52.7 Å². The van der Waals surface area contributed by atoms with Gasteiger partial charge in [0.25, 0.3) is 0 Å². The molecule has 1 N–H and O–H groups in total. The molecule has 0 aliphatic rings. The van der Waals surface area contributed by atoms with E-state index in [0.29, 0.717) is 0 Å². The SMILES string of the molecule is c1ccc(-c2ccc3[nH]ncc3c2)cc1. The van der Waals surface area contributed by atoms with E-state index in [1.807, 2.05) is 12.3 Å². The largest absolute Gasteiger partial charge is 0.278 e. The highest BCUT2D eigenvalue weighted by atomic mass is 15.1. The van der Waals surface area contributed by atoms with Crippen LogP contribution >= 0.6 is 0 Å². The van der Waals surface area contributed by atoms with Crippen LogP contribution < -0.4 is 0 Å². The number of hydrogen-bond acceptors (Lipinski definition) is 1. The molecule has 0 bridgehead atoms. The van der Waals surface area contributed by atoms with E-state index < -0.39 is 0 Å². The first-order chi connectivity index (χ1) is 7.43. The summed E-state index contributed by atoms with van der Waals surface area (Å²) in [7, 11) is 0. The van der Waals surface area contributed by atoms with Crippen molar-refractivity contribution in [2.24, 2.45) is 0 Å². The summed E-state index contributed by atoms with van der Waals surface area (Å²) < 4.78 is 0. The van der Waals surface area contributed by atoms with Crippen LogP contribution in [0.4, 0.5) is 0 Å². The van der Waals surface area contributed by atoms with Crippen molar-refractivity contribution in [3.63, 3.8) is 0 Å². The molecule has 0 radical (unpaired) electrons. The molecule has 72 valence electrons. The summed E-state index contributed by atoms with van der Waals surface area (Å²) in [5.74, 6) is 0. The number of hydrogen-bond donors (Lipinski definition) is 1. The summed E-state index contributed by atoms with van der Waals surface area (Å²) in [6.07, 6.45) is 1.85. The molecule has 0 aliphatic heterocycles. The van der Waals surface area contributed by atoms with Gasteiger partial charge in [0.1, 0.15) is 0 Å². The zero-order valence-electron chi connectivity index (χ0n) is 8.14. The van der Waals surface area contributed by atoms with Gasteiger partial charge in [-0.05, 0) is 23.3 Å². The Bertz CT molecular complexity index is 582. The predicted octanol–water partition coefficient (Wildman–Crippen LogP) is 3.23. The number of nitrogens with zero attached hydrogens (tertiary/aromatic N) is 1. The number of fused-ring (bicyclic) bond motifs is 1. The highest BCUT2D eigenvalue weighted by molar-refractivity contribution is 5.83. The lowest BCUT2D eigenvalue weighted by Crippen LogP contribution is -1.76. The van der Waals surface area contributed by atoms with Gasteiger partial charge < -0.3 is 0 Å². The van der Waals surface area contributed by atoms with Gasteiger partial charge in [-0.25, -0.2) is 0 Å². The van der Waals surface area contributed by atoms with Gasteiger partial charge in [0, 0.05) is 5.39 Å². The van der Waals surface area contributed by atoms with E-state index >= 15 is 0 Å². The maximum atomic E-state index is 4.01. The van der Waals surface area contributed by atoms with Gasteiger partial charge in [-0.15, -0.1) is 0 Å². The molecule has 2 aromatic carbocycles. The molecule has 0 spiro atoms. The average Bonchev–Trinajstić information content (AvgIpc) is 2.77. The van der Waals surface area contributed by atoms with Crippen molar-refractivity contribution in [2.75, 3.05) is 0 Å². The van der Waals surface area contributed by atoms with E-state index in [4.69, 9.17) is 0 Å². The van der Waals surface area contributed by atoms with Gasteiger partial charge in [-0.1, -0.05) is 36.4 Å². The second-order valence-electron chi connectivity index (χ2n) is 3.54. The molecular formula is C13H10N2. The van der Waals surface area contributed by atoms with Crippen molar-refractivity contribution in [1.82, 2.24) is 10.2 Å². The van der Waals surface area contributed by atoms with Gasteiger partial charge in [-0.2, -0.15) is 5.10 Å². The Balaban J connectivity index is 2.19. The van der Waals surface area contributed by atoms with Crippen molar-refractivity contribution < 1.29 is 0 Å². The first kappa shape index (κ1) is 8.24. The fraction of sp³-hybridized carbons (Fsp3) is 0. The van der Waals surface area contributed by atoms with Crippen LogP contribution in [0.1, 0.15) is 0 Å². The van der Waals surface area contributed by atoms with Crippen LogP contribution in [0.2, 0.25) is 0 Å². The molecular weight excluding hydrogens is 184 g/mol. The van der Waals surface area contributed by atoms with Crippen molar-refractivity contribution in [3.8, 4) is 11.1 Å². The summed E-state index contributed by atoms with van der Waals surface area (Å²) in [5, 5.41) is 8.11. The zero-order valence-corrected chi connectivity index (χ0v) is 8.14. The molecule has 0 saturated heterocycles. The monoisotopic (exact) mass is 194 g/mol. The lowest BCUT2D eigenvalue weighted by Gasteiger charge is -2.00. The quantitative estimate of drug-likeness (QED) is 0.633. The first-order valence-electron chi connectivity index (χ1n) is 4.92. The van der Waals surface area contributed by atoms with Gasteiger partial charge in [0.15, 0.2) is 0 Å². The van der Waals surface area contributed by atoms with Gasteiger partial charge in [0.2, 0.25) is 0 Å². The molecule has 0 unspecified atom stereocenters. The average molecular weight is 194 g/mol. The molecule has 1 heterocycles. The Hall–Kier alpha value is -2.09. The van der Waals surface area contributed by atoms with Crippen LogP contribution in [0.5, 0.6) is 0 Å². The summed E-state index contributed by atoms with van der Waals surface area (Å²) in [5.41, 5.74) is 3.54. The molecule has 2 heteroatoms. The van der Waals surface area contributed by atoms with Crippen molar-refractivity contribution in [1.29, 1.82) is 0 Å². The molecule has 0 amide bonds. The fourth-order valence-electron chi connectivity index (χ4n) is 1.75. The first-order valence-corrected chi connectivity index (χ1v) is 4.92. The number of H-pyrrole nitrogens is 1. The number of benzene rings is 2. The number of nitrogens with one attached hydrogen (secondary N) is 1. The summed E-state index contributed by atoms with van der Waals surface area (Å²) in [6, 6.07) is 16.7. The highest BCUT2D eigenvalue weighted by Crippen LogP contribution is 2.22. The van der Waals surface area contributed by atoms with Crippen LogP contribution in [0.15, 0.2) is 54.7 Å². The molecule has 1 aromatic heterocycles. The standard InChI is InChI=1S/C13H10N2/c1-2-4-10(5-3-1)11-6-7-13-12(8-11)9-14-15-13/h1-9H,(H,14,15). The Labute approximate surface area is 87.6 Å². The normalized spacial score (nSPS) is 10.7. The molecule has 3 aromatic rings. The highest BCUT2D eigenvalue weighted by Gasteiger charge is 1.99. The smallest absolute Gasteiger partial charge is 0.0650 e. The van der Waals surface area contributed by atoms with E-state index in [1.54, 1.807) is 0 Å². The molecule has 2 nitrogen and oxygen atoms in total. The van der Waals surface area contributed by atoms with E-state index in [0.717, 1.165) is 10.9 Å². The Morgan fingerprint density at radius 3 is 2.60 bits per heavy atom. The zero-order chi connectivity index (χ0) is 10.1. The Morgan fingerprint density at radius 1 is 0.867 bits per heavy atom. The second kappa shape index (κ2) is 3.24. The molecule has 0 saturated carbocycles. The molecule has 0 atom stereocenters. The van der Waals surface area contributed by atoms with Gasteiger partial charge in [0.05, 0.1) is 11.7 Å². The molecule has 0 fully saturated rings. The van der Waals surface area contributed by atoms with E-state index in [-0.39, 0.29) is 0 Å². The third-order valence-corrected chi connectivity index (χ3v) is 2.55. The van der Waals surface area contributed by atoms with E-state index in [1.165, 1.54) is 11.1 Å². The van der Waals surface area contributed by atoms with Crippen LogP contribution in [0.3, 0.4) is 0 Å². The van der Waals surface area contributed by atoms with Crippen molar-refractivity contribution in [3.05, 3.63) is 54.7 Å². The number of rotatable bonds is 1. The van der Waals surface area contributed by atoms with Crippen molar-refractivity contribution >= 4 is 10.9 Å². The third-order valence-electron chi connectivity index (χ3n) is 2.55. The summed E-state index contributed by atoms with van der Waals surface area (Å²) >= 11 is 0. The second-order valence-corrected chi connectivity index (χ2v) is 3.54. The third kappa shape index (κ3) is 1.40. The van der Waals surface area contributed by atoms with Crippen molar-refractivity contribution in [2.45, 2.75) is 0 Å². The van der Waals surface area contributed by atoms with Crippen LogP contribution in [-0.2, 0) is 0 Å². The molecule has 0 aliphatic carbocycles. The maximum absolute atomic E-state index is 4.01. The van der Waals surface area contributed by atoms with Gasteiger partial charge >= 0.3 is 0 Å². The predicted molar refractivity (Wildman–Crippen MR) is 61.5 cm³/mol. The number of aromatic nitrogens is 2. The minimum Gasteiger partial charge on any atom is -0.278 e. The lowest BCUT2D eigenvalue weighted by molar-refractivity contribution is 1.12. The Kier molecular flexibility index (Phi) is 1.78. The fourth-order valence-corrected chi connectivity index (χ4v) is 1.75. The Morgan fingerprint density at radius 2 is 1.73 bits per heavy atom. The van der Waals surface area contributed by atoms with E-state index in [9.17, 15) is 0 Å². The molecule has 3 rings (SSSR count). The van der Waals surface area contributed by atoms with Crippen LogP contribution in [0, 0.1) is 0 Å². The maximum Gasteiger partial charge on any atom is 0.0650 e. The minimum atomic E-state index is 1.08. The topological polar surface area (TPSA) is 28.7 Å². The number of aromatic amines is 1.